The molecule has 0 aliphatic carbocycles. The molecule has 1 aromatic carbocycles. The first-order valence-electron chi connectivity index (χ1n) is 8.10. The van der Waals surface area contributed by atoms with E-state index in [4.69, 9.17) is 0 Å². The van der Waals surface area contributed by atoms with Crippen LogP contribution in [-0.4, -0.2) is 20.4 Å². The lowest BCUT2D eigenvalue weighted by Gasteiger charge is -2.19. The van der Waals surface area contributed by atoms with Crippen molar-refractivity contribution in [2.75, 3.05) is 0 Å². The number of carbonyl (C=O) groups excluding carboxylic acids is 1. The number of carbonyl (C=O) groups is 1. The second-order valence-corrected chi connectivity index (χ2v) is 7.52. The summed E-state index contributed by atoms with van der Waals surface area (Å²) < 4.78 is 1.95. The van der Waals surface area contributed by atoms with E-state index in [2.05, 4.69) is 15.3 Å². The highest BCUT2D eigenvalue weighted by Gasteiger charge is 2.19. The maximum absolute atomic E-state index is 12.8. The molecule has 0 saturated heterocycles. The molecule has 1 amide bonds. The quantitative estimate of drug-likeness (QED) is 0.544. The standard InChI is InChI=1S/C19H16N4OS2/c24-18(16-12-26-19(22-16)17-7-4-10-25-17)21-15(11-23-9-8-20-13-23)14-5-2-1-3-6-14/h1-10,12-13,15H,11H2,(H,21,24)/t15-/m1/s1. The van der Waals surface area contributed by atoms with Crippen LogP contribution in [0.4, 0.5) is 0 Å². The minimum atomic E-state index is -0.168. The van der Waals surface area contributed by atoms with Gasteiger partial charge in [-0.05, 0) is 17.0 Å². The van der Waals surface area contributed by atoms with E-state index < -0.39 is 0 Å². The first-order valence-corrected chi connectivity index (χ1v) is 9.86. The summed E-state index contributed by atoms with van der Waals surface area (Å²) in [6.07, 6.45) is 5.37. The molecule has 4 aromatic rings. The lowest BCUT2D eigenvalue weighted by molar-refractivity contribution is 0.0928. The summed E-state index contributed by atoms with van der Waals surface area (Å²) in [5.41, 5.74) is 1.49. The van der Waals surface area contributed by atoms with Crippen LogP contribution in [0.2, 0.25) is 0 Å². The largest absolute Gasteiger partial charge is 0.342 e. The molecule has 130 valence electrons. The highest BCUT2D eigenvalue weighted by molar-refractivity contribution is 7.20. The summed E-state index contributed by atoms with van der Waals surface area (Å²) in [6, 6.07) is 13.8. The third-order valence-electron chi connectivity index (χ3n) is 3.93. The Morgan fingerprint density at radius 2 is 2.04 bits per heavy atom. The fourth-order valence-electron chi connectivity index (χ4n) is 2.65. The van der Waals surface area contributed by atoms with Crippen molar-refractivity contribution in [1.29, 1.82) is 0 Å². The van der Waals surface area contributed by atoms with Crippen molar-refractivity contribution in [3.05, 3.63) is 83.2 Å². The fourth-order valence-corrected chi connectivity index (χ4v) is 4.26. The molecule has 7 heteroatoms. The molecule has 0 unspecified atom stereocenters. The van der Waals surface area contributed by atoms with Gasteiger partial charge in [0.1, 0.15) is 10.7 Å². The zero-order valence-corrected chi connectivity index (χ0v) is 15.4. The smallest absolute Gasteiger partial charge is 0.271 e. The molecule has 4 rings (SSSR count). The molecule has 0 spiro atoms. The first-order chi connectivity index (χ1) is 12.8. The van der Waals surface area contributed by atoms with Crippen molar-refractivity contribution in [3.63, 3.8) is 0 Å². The predicted molar refractivity (Wildman–Crippen MR) is 104 cm³/mol. The zero-order valence-electron chi connectivity index (χ0n) is 13.8. The van der Waals surface area contributed by atoms with Crippen LogP contribution in [-0.2, 0) is 6.54 Å². The molecule has 0 saturated carbocycles. The predicted octanol–water partition coefficient (Wildman–Crippen LogP) is 4.24. The number of benzene rings is 1. The molecular formula is C19H16N4OS2. The van der Waals surface area contributed by atoms with Gasteiger partial charge in [-0.1, -0.05) is 36.4 Å². The Balaban J connectivity index is 1.54. The average Bonchev–Trinajstić information content (AvgIpc) is 3.42. The number of hydrogen-bond acceptors (Lipinski definition) is 5. The molecule has 26 heavy (non-hydrogen) atoms. The number of thiazole rings is 1. The number of aromatic nitrogens is 3. The van der Waals surface area contributed by atoms with Gasteiger partial charge < -0.3 is 9.88 Å². The van der Waals surface area contributed by atoms with Gasteiger partial charge in [-0.25, -0.2) is 9.97 Å². The molecule has 1 N–H and O–H groups in total. The summed E-state index contributed by atoms with van der Waals surface area (Å²) in [7, 11) is 0. The maximum atomic E-state index is 12.8. The van der Waals surface area contributed by atoms with Crippen molar-refractivity contribution >= 4 is 28.6 Å². The molecule has 0 aliphatic heterocycles. The van der Waals surface area contributed by atoms with E-state index in [9.17, 15) is 4.79 Å². The molecule has 0 fully saturated rings. The number of imidazole rings is 1. The van der Waals surface area contributed by atoms with Crippen LogP contribution in [0.25, 0.3) is 9.88 Å². The minimum absolute atomic E-state index is 0.162. The van der Waals surface area contributed by atoms with Gasteiger partial charge in [0, 0.05) is 24.3 Å². The van der Waals surface area contributed by atoms with Crippen LogP contribution in [0.1, 0.15) is 22.1 Å². The highest BCUT2D eigenvalue weighted by Crippen LogP contribution is 2.28. The Bertz CT molecular complexity index is 962. The van der Waals surface area contributed by atoms with Gasteiger partial charge in [0.2, 0.25) is 0 Å². The first kappa shape index (κ1) is 16.7. The summed E-state index contributed by atoms with van der Waals surface area (Å²) >= 11 is 3.11. The van der Waals surface area contributed by atoms with E-state index in [0.717, 1.165) is 15.4 Å². The van der Waals surface area contributed by atoms with Crippen LogP contribution in [0.15, 0.2) is 71.9 Å². The molecule has 3 heterocycles. The van der Waals surface area contributed by atoms with E-state index in [1.165, 1.54) is 11.3 Å². The third-order valence-corrected chi connectivity index (χ3v) is 5.81. The van der Waals surface area contributed by atoms with Crippen molar-refractivity contribution in [3.8, 4) is 9.88 Å². The maximum Gasteiger partial charge on any atom is 0.271 e. The molecule has 3 aromatic heterocycles. The normalized spacial score (nSPS) is 12.0. The summed E-state index contributed by atoms with van der Waals surface area (Å²) in [4.78, 5) is 22.4. The van der Waals surface area contributed by atoms with Gasteiger partial charge >= 0.3 is 0 Å². The third kappa shape index (κ3) is 3.74. The van der Waals surface area contributed by atoms with Crippen molar-refractivity contribution in [1.82, 2.24) is 19.9 Å². The van der Waals surface area contributed by atoms with E-state index >= 15 is 0 Å². The van der Waals surface area contributed by atoms with Crippen LogP contribution in [0.3, 0.4) is 0 Å². The van der Waals surface area contributed by atoms with E-state index in [1.54, 1.807) is 23.9 Å². The number of thiophene rings is 1. The number of amides is 1. The lowest BCUT2D eigenvalue weighted by atomic mass is 10.1. The molecular weight excluding hydrogens is 364 g/mol. The Labute approximate surface area is 159 Å². The SMILES string of the molecule is O=C(N[C@H](Cn1ccnc1)c1ccccc1)c1csc(-c2cccs2)n1. The Hall–Kier alpha value is -2.77. The molecule has 0 bridgehead atoms. The van der Waals surface area contributed by atoms with Crippen LogP contribution in [0, 0.1) is 0 Å². The molecule has 5 nitrogen and oxygen atoms in total. The summed E-state index contributed by atoms with van der Waals surface area (Å²) in [5, 5.41) is 7.79. The van der Waals surface area contributed by atoms with Gasteiger partial charge in [-0.2, -0.15) is 0 Å². The molecule has 0 radical (unpaired) electrons. The number of hydrogen-bond donors (Lipinski definition) is 1. The second kappa shape index (κ2) is 7.63. The van der Waals surface area contributed by atoms with Crippen LogP contribution < -0.4 is 5.32 Å². The van der Waals surface area contributed by atoms with Crippen LogP contribution in [0.5, 0.6) is 0 Å². The second-order valence-electron chi connectivity index (χ2n) is 5.71. The zero-order chi connectivity index (χ0) is 17.8. The topological polar surface area (TPSA) is 59.8 Å². The molecule has 0 aliphatic rings. The lowest BCUT2D eigenvalue weighted by Crippen LogP contribution is -2.31. The van der Waals surface area contributed by atoms with E-state index in [1.807, 2.05) is 64.0 Å². The van der Waals surface area contributed by atoms with Gasteiger partial charge in [-0.15, -0.1) is 22.7 Å². The molecule has 1 atom stereocenters. The fraction of sp³-hybridized carbons (Fsp3) is 0.105. The van der Waals surface area contributed by atoms with E-state index in [0.29, 0.717) is 12.2 Å². The van der Waals surface area contributed by atoms with Gasteiger partial charge in [0.15, 0.2) is 0 Å². The monoisotopic (exact) mass is 380 g/mol. The van der Waals surface area contributed by atoms with Gasteiger partial charge in [0.25, 0.3) is 5.91 Å². The van der Waals surface area contributed by atoms with Crippen molar-refractivity contribution < 1.29 is 4.79 Å². The van der Waals surface area contributed by atoms with Gasteiger partial charge in [-0.3, -0.25) is 4.79 Å². The highest BCUT2D eigenvalue weighted by atomic mass is 32.1. The van der Waals surface area contributed by atoms with Crippen LogP contribution >= 0.6 is 22.7 Å². The van der Waals surface area contributed by atoms with Crippen molar-refractivity contribution in [2.24, 2.45) is 0 Å². The Morgan fingerprint density at radius 3 is 2.77 bits per heavy atom. The summed E-state index contributed by atoms with van der Waals surface area (Å²) in [5.74, 6) is -0.168. The average molecular weight is 380 g/mol. The summed E-state index contributed by atoms with van der Waals surface area (Å²) in [6.45, 7) is 0.609. The van der Waals surface area contributed by atoms with Crippen molar-refractivity contribution in [2.45, 2.75) is 12.6 Å². The van der Waals surface area contributed by atoms with Gasteiger partial charge in [0.05, 0.1) is 17.2 Å². The Kier molecular flexibility index (Phi) is 4.90. The minimum Gasteiger partial charge on any atom is -0.342 e. The van der Waals surface area contributed by atoms with E-state index in [-0.39, 0.29) is 11.9 Å². The number of nitrogens with zero attached hydrogens (tertiary/aromatic N) is 3. The number of nitrogens with one attached hydrogen (secondary N) is 1. The Morgan fingerprint density at radius 1 is 1.15 bits per heavy atom. The number of rotatable bonds is 6.